The van der Waals surface area contributed by atoms with Crippen LogP contribution in [0.15, 0.2) is 41.6 Å². The first kappa shape index (κ1) is 19.5. The maximum absolute atomic E-state index is 12.7. The van der Waals surface area contributed by atoms with Crippen LogP contribution in [0.25, 0.3) is 0 Å². The summed E-state index contributed by atoms with van der Waals surface area (Å²) in [4.78, 5) is 22.0. The SMILES string of the molecule is CCSc1ccccc1C(=O)NC1CCC(Oc2cncc(OC)n2)CC1. The highest BCUT2D eigenvalue weighted by Crippen LogP contribution is 2.25. The lowest BCUT2D eigenvalue weighted by atomic mass is 9.92. The summed E-state index contributed by atoms with van der Waals surface area (Å²) in [6.45, 7) is 2.09. The van der Waals surface area contributed by atoms with E-state index >= 15 is 0 Å². The molecule has 1 saturated carbocycles. The van der Waals surface area contributed by atoms with Crippen molar-refractivity contribution in [2.45, 2.75) is 49.6 Å². The van der Waals surface area contributed by atoms with Gasteiger partial charge in [0.15, 0.2) is 0 Å². The van der Waals surface area contributed by atoms with Gasteiger partial charge in [-0.2, -0.15) is 4.98 Å². The topological polar surface area (TPSA) is 73.3 Å². The van der Waals surface area contributed by atoms with Crippen molar-refractivity contribution in [3.8, 4) is 11.8 Å². The fourth-order valence-electron chi connectivity index (χ4n) is 3.18. The zero-order chi connectivity index (χ0) is 19.1. The summed E-state index contributed by atoms with van der Waals surface area (Å²) in [5, 5.41) is 3.18. The van der Waals surface area contributed by atoms with E-state index in [-0.39, 0.29) is 18.1 Å². The second kappa shape index (κ2) is 9.60. The number of nitrogens with one attached hydrogen (secondary N) is 1. The van der Waals surface area contributed by atoms with Gasteiger partial charge in [0.2, 0.25) is 11.8 Å². The standard InChI is InChI=1S/C20H25N3O3S/c1-3-27-17-7-5-4-6-16(17)20(24)22-14-8-10-15(11-9-14)26-19-13-21-12-18(23-19)25-2/h4-7,12-15H,3,8-11H2,1-2H3,(H,22,24). The van der Waals surface area contributed by atoms with E-state index in [2.05, 4.69) is 22.2 Å². The van der Waals surface area contributed by atoms with Crippen molar-refractivity contribution in [1.29, 1.82) is 0 Å². The molecule has 1 amide bonds. The van der Waals surface area contributed by atoms with Crippen LogP contribution in [0.2, 0.25) is 0 Å². The van der Waals surface area contributed by atoms with Gasteiger partial charge < -0.3 is 14.8 Å². The predicted molar refractivity (Wildman–Crippen MR) is 106 cm³/mol. The molecule has 0 unspecified atom stereocenters. The predicted octanol–water partition coefficient (Wildman–Crippen LogP) is 3.72. The van der Waals surface area contributed by atoms with Crippen LogP contribution in [0.1, 0.15) is 43.0 Å². The number of nitrogens with zero attached hydrogens (tertiary/aromatic N) is 2. The number of carbonyl (C=O) groups is 1. The van der Waals surface area contributed by atoms with E-state index in [4.69, 9.17) is 9.47 Å². The Balaban J connectivity index is 1.51. The minimum Gasteiger partial charge on any atom is -0.480 e. The summed E-state index contributed by atoms with van der Waals surface area (Å²) < 4.78 is 11.0. The van der Waals surface area contributed by atoms with Gasteiger partial charge in [-0.15, -0.1) is 11.8 Å². The maximum Gasteiger partial charge on any atom is 0.252 e. The third-order valence-corrected chi connectivity index (χ3v) is 5.48. The van der Waals surface area contributed by atoms with Crippen molar-refractivity contribution in [1.82, 2.24) is 15.3 Å². The summed E-state index contributed by atoms with van der Waals surface area (Å²) in [6, 6.07) is 7.95. The number of rotatable bonds is 7. The summed E-state index contributed by atoms with van der Waals surface area (Å²) in [6.07, 6.45) is 6.74. The van der Waals surface area contributed by atoms with Gasteiger partial charge in [-0.05, 0) is 43.6 Å². The van der Waals surface area contributed by atoms with Crippen LogP contribution in [0.4, 0.5) is 0 Å². The molecule has 2 aromatic rings. The highest BCUT2D eigenvalue weighted by Gasteiger charge is 2.25. The number of aromatic nitrogens is 2. The molecule has 1 heterocycles. The molecule has 0 saturated heterocycles. The number of benzene rings is 1. The Hall–Kier alpha value is -2.28. The molecule has 1 aliphatic carbocycles. The van der Waals surface area contributed by atoms with Crippen molar-refractivity contribution in [3.05, 3.63) is 42.2 Å². The Morgan fingerprint density at radius 3 is 2.67 bits per heavy atom. The molecule has 0 radical (unpaired) electrons. The van der Waals surface area contributed by atoms with Gasteiger partial charge in [0.05, 0.1) is 25.1 Å². The molecule has 1 aromatic carbocycles. The van der Waals surface area contributed by atoms with E-state index in [1.165, 1.54) is 0 Å². The van der Waals surface area contributed by atoms with Gasteiger partial charge >= 0.3 is 0 Å². The van der Waals surface area contributed by atoms with E-state index in [0.717, 1.165) is 41.9 Å². The summed E-state index contributed by atoms with van der Waals surface area (Å²) >= 11 is 1.69. The van der Waals surface area contributed by atoms with Gasteiger partial charge in [0.25, 0.3) is 5.91 Å². The largest absolute Gasteiger partial charge is 0.480 e. The molecule has 1 N–H and O–H groups in total. The molecule has 0 bridgehead atoms. The number of amides is 1. The molecule has 7 heteroatoms. The van der Waals surface area contributed by atoms with Crippen LogP contribution in [0.3, 0.4) is 0 Å². The van der Waals surface area contributed by atoms with Crippen molar-refractivity contribution < 1.29 is 14.3 Å². The van der Waals surface area contributed by atoms with Crippen molar-refractivity contribution in [2.24, 2.45) is 0 Å². The molecule has 1 aromatic heterocycles. The molecule has 144 valence electrons. The molecule has 0 aliphatic heterocycles. The van der Waals surface area contributed by atoms with Crippen LogP contribution >= 0.6 is 11.8 Å². The highest BCUT2D eigenvalue weighted by atomic mass is 32.2. The van der Waals surface area contributed by atoms with Gasteiger partial charge in [-0.3, -0.25) is 9.78 Å². The smallest absolute Gasteiger partial charge is 0.252 e. The average molecular weight is 388 g/mol. The molecule has 3 rings (SSSR count). The van der Waals surface area contributed by atoms with Crippen LogP contribution in [0, 0.1) is 0 Å². The third-order valence-electron chi connectivity index (χ3n) is 4.53. The average Bonchev–Trinajstić information content (AvgIpc) is 2.70. The molecular weight excluding hydrogens is 362 g/mol. The van der Waals surface area contributed by atoms with E-state index in [9.17, 15) is 4.79 Å². The number of hydrogen-bond donors (Lipinski definition) is 1. The van der Waals surface area contributed by atoms with Gasteiger partial charge in [-0.1, -0.05) is 19.1 Å². The highest BCUT2D eigenvalue weighted by molar-refractivity contribution is 7.99. The Morgan fingerprint density at radius 1 is 1.19 bits per heavy atom. The van der Waals surface area contributed by atoms with Crippen LogP contribution in [-0.4, -0.2) is 40.9 Å². The molecule has 0 atom stereocenters. The fourth-order valence-corrected chi connectivity index (χ4v) is 3.98. The monoisotopic (exact) mass is 387 g/mol. The molecule has 6 nitrogen and oxygen atoms in total. The van der Waals surface area contributed by atoms with Crippen molar-refractivity contribution >= 4 is 17.7 Å². The zero-order valence-electron chi connectivity index (χ0n) is 15.7. The Bertz CT molecular complexity index is 764. The van der Waals surface area contributed by atoms with Crippen molar-refractivity contribution in [2.75, 3.05) is 12.9 Å². The number of hydrogen-bond acceptors (Lipinski definition) is 6. The fraction of sp³-hybridized carbons (Fsp3) is 0.450. The Kier molecular flexibility index (Phi) is 6.92. The van der Waals surface area contributed by atoms with Gasteiger partial charge in [0.1, 0.15) is 6.10 Å². The summed E-state index contributed by atoms with van der Waals surface area (Å²) in [5.41, 5.74) is 0.759. The van der Waals surface area contributed by atoms with E-state index < -0.39 is 0 Å². The lowest BCUT2D eigenvalue weighted by Gasteiger charge is -2.29. The second-order valence-corrected chi connectivity index (χ2v) is 7.70. The lowest BCUT2D eigenvalue weighted by Crippen LogP contribution is -2.39. The molecular formula is C20H25N3O3S. The van der Waals surface area contributed by atoms with E-state index in [0.29, 0.717) is 11.8 Å². The van der Waals surface area contributed by atoms with Crippen molar-refractivity contribution in [3.63, 3.8) is 0 Å². The first-order chi connectivity index (χ1) is 13.2. The molecule has 1 aliphatic rings. The lowest BCUT2D eigenvalue weighted by molar-refractivity contribution is 0.0886. The third kappa shape index (κ3) is 5.35. The van der Waals surface area contributed by atoms with E-state index in [1.807, 2.05) is 24.3 Å². The zero-order valence-corrected chi connectivity index (χ0v) is 16.5. The minimum absolute atomic E-state index is 0.00887. The first-order valence-electron chi connectivity index (χ1n) is 9.25. The minimum atomic E-state index is 0.00887. The Morgan fingerprint density at radius 2 is 1.93 bits per heavy atom. The number of ether oxygens (including phenoxy) is 2. The van der Waals surface area contributed by atoms with Gasteiger partial charge in [0, 0.05) is 10.9 Å². The van der Waals surface area contributed by atoms with E-state index in [1.54, 1.807) is 31.3 Å². The quantitative estimate of drug-likeness (QED) is 0.730. The summed E-state index contributed by atoms with van der Waals surface area (Å²) in [5.74, 6) is 1.87. The second-order valence-electron chi connectivity index (χ2n) is 6.39. The summed E-state index contributed by atoms with van der Waals surface area (Å²) in [7, 11) is 1.55. The van der Waals surface area contributed by atoms with Crippen LogP contribution in [0.5, 0.6) is 11.8 Å². The van der Waals surface area contributed by atoms with Crippen LogP contribution < -0.4 is 14.8 Å². The normalized spacial score (nSPS) is 19.3. The molecule has 1 fully saturated rings. The first-order valence-corrected chi connectivity index (χ1v) is 10.2. The maximum atomic E-state index is 12.7. The number of methoxy groups -OCH3 is 1. The van der Waals surface area contributed by atoms with Gasteiger partial charge in [-0.25, -0.2) is 0 Å². The Labute approximate surface area is 164 Å². The molecule has 27 heavy (non-hydrogen) atoms. The van der Waals surface area contributed by atoms with Crippen LogP contribution in [-0.2, 0) is 0 Å². The number of carbonyl (C=O) groups excluding carboxylic acids is 1. The number of thioether (sulfide) groups is 1. The molecule has 0 spiro atoms.